The highest BCUT2D eigenvalue weighted by Gasteiger charge is 2.25. The second kappa shape index (κ2) is 15.3. The molecule has 1 atom stereocenters. The van der Waals surface area contributed by atoms with Crippen LogP contribution in [-0.4, -0.2) is 55.8 Å². The number of hydrazine groups is 1. The molecule has 44 heavy (non-hydrogen) atoms. The molecule has 13 heteroatoms. The van der Waals surface area contributed by atoms with E-state index in [0.717, 1.165) is 6.42 Å². The molecule has 1 heterocycles. The number of carbonyl (C=O) groups is 3. The molecule has 0 aliphatic heterocycles. The summed E-state index contributed by atoms with van der Waals surface area (Å²) < 4.78 is 30.7. The molecular weight excluding hydrogens is 584 g/mol. The first-order valence-electron chi connectivity index (χ1n) is 14.2. The van der Waals surface area contributed by atoms with E-state index in [9.17, 15) is 27.9 Å². The Hall–Kier alpha value is -4.49. The van der Waals surface area contributed by atoms with Crippen molar-refractivity contribution in [2.24, 2.45) is 5.92 Å². The summed E-state index contributed by atoms with van der Waals surface area (Å²) in [5.74, 6) is -0.260. The van der Waals surface area contributed by atoms with Gasteiger partial charge in [-0.15, -0.1) is 0 Å². The van der Waals surface area contributed by atoms with Gasteiger partial charge in [-0.3, -0.25) is 30.0 Å². The van der Waals surface area contributed by atoms with E-state index in [0.29, 0.717) is 46.1 Å². The molecule has 12 nitrogen and oxygen atoms in total. The molecule has 1 aromatic heterocycles. The molecule has 0 fully saturated rings. The molecule has 1 unspecified atom stereocenters. The Labute approximate surface area is 258 Å². The maximum Gasteiger partial charge on any atom is 0.290 e. The van der Waals surface area contributed by atoms with Gasteiger partial charge in [0.25, 0.3) is 21.8 Å². The maximum atomic E-state index is 13.3. The number of pyridine rings is 1. The Morgan fingerprint density at radius 1 is 1.02 bits per heavy atom. The van der Waals surface area contributed by atoms with Gasteiger partial charge in [-0.1, -0.05) is 19.9 Å². The Balaban J connectivity index is 1.76. The summed E-state index contributed by atoms with van der Waals surface area (Å²) in [5, 5.41) is 12.4. The van der Waals surface area contributed by atoms with Crippen LogP contribution in [0.3, 0.4) is 0 Å². The van der Waals surface area contributed by atoms with Crippen molar-refractivity contribution in [3.05, 3.63) is 77.6 Å². The number of aliphatic hydroxyl groups excluding tert-OH is 1. The van der Waals surface area contributed by atoms with Gasteiger partial charge >= 0.3 is 0 Å². The van der Waals surface area contributed by atoms with E-state index in [4.69, 9.17) is 0 Å². The number of aromatic nitrogens is 1. The van der Waals surface area contributed by atoms with Crippen molar-refractivity contribution in [1.29, 1.82) is 0 Å². The highest BCUT2D eigenvalue weighted by molar-refractivity contribution is 7.92. The number of sulfonamides is 1. The number of carbonyl (C=O) groups excluding carboxylic acids is 3. The molecule has 236 valence electrons. The fourth-order valence-corrected chi connectivity index (χ4v) is 6.26. The van der Waals surface area contributed by atoms with Crippen LogP contribution in [0.2, 0.25) is 0 Å². The minimum atomic E-state index is -4.01. The smallest absolute Gasteiger partial charge is 0.290 e. The van der Waals surface area contributed by atoms with Gasteiger partial charge in [-0.2, -0.15) is 4.57 Å². The van der Waals surface area contributed by atoms with E-state index in [2.05, 4.69) is 34.7 Å². The molecule has 0 saturated carbocycles. The molecule has 0 radical (unpaired) electrons. The third-order valence-electron chi connectivity index (χ3n) is 6.97. The topological polar surface area (TPSA) is 161 Å². The fraction of sp³-hybridized carbons (Fsp3) is 0.355. The normalized spacial score (nSPS) is 11.9. The molecular formula is C31H41N6O6S+. The molecule has 5 N–H and O–H groups in total. The van der Waals surface area contributed by atoms with Gasteiger partial charge in [0, 0.05) is 30.0 Å². The summed E-state index contributed by atoms with van der Waals surface area (Å²) in [6.07, 6.45) is 4.53. The standard InChI is InChI=1S/C31H40N6O6S/c1-21(2)17-23(4)37(15-16-38)31(41)25-7-6-14-36(18-25)19-29(40)33-30-22(3)8-13-28(24(30)5)44(42,43)35-27-11-9-26(10-12-27)34-32-20-39/h6-14,18,20-21,23,34-35,38H,15-17,19H2,1-5H3,(H-,32,33,39,40)/p+1. The second-order valence-electron chi connectivity index (χ2n) is 11.0. The average Bonchev–Trinajstić information content (AvgIpc) is 2.96. The van der Waals surface area contributed by atoms with E-state index in [1.807, 2.05) is 6.92 Å². The zero-order chi connectivity index (χ0) is 32.4. The number of amides is 3. The Morgan fingerprint density at radius 3 is 2.34 bits per heavy atom. The van der Waals surface area contributed by atoms with Crippen LogP contribution in [0.25, 0.3) is 0 Å². The van der Waals surface area contributed by atoms with Crippen LogP contribution in [0.4, 0.5) is 17.1 Å². The van der Waals surface area contributed by atoms with Gasteiger partial charge in [0.1, 0.15) is 5.56 Å². The quantitative estimate of drug-likeness (QED) is 0.0986. The van der Waals surface area contributed by atoms with E-state index in [1.165, 1.54) is 6.07 Å². The lowest BCUT2D eigenvalue weighted by atomic mass is 10.0. The van der Waals surface area contributed by atoms with Crippen molar-refractivity contribution in [3.63, 3.8) is 0 Å². The summed E-state index contributed by atoms with van der Waals surface area (Å²) in [5.41, 5.74) is 7.63. The largest absolute Gasteiger partial charge is 0.395 e. The maximum absolute atomic E-state index is 13.3. The number of rotatable bonds is 15. The number of aliphatic hydroxyl groups is 1. The first kappa shape index (κ1) is 34.0. The highest BCUT2D eigenvalue weighted by atomic mass is 32.2. The van der Waals surface area contributed by atoms with Crippen LogP contribution in [-0.2, 0) is 26.2 Å². The minimum Gasteiger partial charge on any atom is -0.395 e. The third-order valence-corrected chi connectivity index (χ3v) is 8.49. The number of anilines is 3. The van der Waals surface area contributed by atoms with Crippen LogP contribution in [0.1, 0.15) is 48.7 Å². The lowest BCUT2D eigenvalue weighted by molar-refractivity contribution is -0.684. The van der Waals surface area contributed by atoms with Crippen molar-refractivity contribution in [3.8, 4) is 0 Å². The van der Waals surface area contributed by atoms with Crippen molar-refractivity contribution < 1.29 is 32.5 Å². The van der Waals surface area contributed by atoms with Crippen molar-refractivity contribution >= 4 is 45.3 Å². The second-order valence-corrected chi connectivity index (χ2v) is 12.6. The molecule has 3 rings (SSSR count). The molecule has 2 aromatic carbocycles. The van der Waals surface area contributed by atoms with Gasteiger partial charge in [-0.05, 0) is 80.6 Å². The molecule has 3 amide bonds. The van der Waals surface area contributed by atoms with Gasteiger partial charge in [0.15, 0.2) is 12.4 Å². The number of hydrogen-bond acceptors (Lipinski definition) is 7. The molecule has 3 aromatic rings. The lowest BCUT2D eigenvalue weighted by Crippen LogP contribution is -2.44. The fourth-order valence-electron chi connectivity index (χ4n) is 4.95. The minimum absolute atomic E-state index is 0.00274. The van der Waals surface area contributed by atoms with E-state index in [-0.39, 0.29) is 36.5 Å². The lowest BCUT2D eigenvalue weighted by Gasteiger charge is -2.29. The van der Waals surface area contributed by atoms with Crippen molar-refractivity contribution in [2.45, 2.75) is 58.5 Å². The van der Waals surface area contributed by atoms with Crippen molar-refractivity contribution in [2.75, 3.05) is 28.6 Å². The van der Waals surface area contributed by atoms with Crippen LogP contribution in [0.5, 0.6) is 0 Å². The van der Waals surface area contributed by atoms with Gasteiger partial charge in [-0.25, -0.2) is 8.42 Å². The van der Waals surface area contributed by atoms with Gasteiger partial charge < -0.3 is 15.3 Å². The number of benzene rings is 2. The van der Waals surface area contributed by atoms with Crippen LogP contribution in [0.15, 0.2) is 65.8 Å². The predicted molar refractivity (Wildman–Crippen MR) is 168 cm³/mol. The monoisotopic (exact) mass is 625 g/mol. The summed E-state index contributed by atoms with van der Waals surface area (Å²) in [4.78, 5) is 38.5. The van der Waals surface area contributed by atoms with E-state index < -0.39 is 15.9 Å². The van der Waals surface area contributed by atoms with Crippen LogP contribution in [0, 0.1) is 19.8 Å². The first-order valence-corrected chi connectivity index (χ1v) is 15.7. The SMILES string of the molecule is Cc1ccc(S(=O)(=O)Nc2ccc(NNC=O)cc2)c(C)c1NC(=O)C[n+]1cccc(C(=O)N(CCO)C(C)CC(C)C)c1. The number of aryl methyl sites for hydroxylation is 1. The first-order chi connectivity index (χ1) is 20.9. The predicted octanol–water partition coefficient (Wildman–Crippen LogP) is 2.97. The van der Waals surface area contributed by atoms with Crippen molar-refractivity contribution in [1.82, 2.24) is 10.3 Å². The van der Waals surface area contributed by atoms with Crippen LogP contribution >= 0.6 is 0 Å². The molecule has 0 spiro atoms. The Morgan fingerprint density at radius 2 is 1.70 bits per heavy atom. The van der Waals surface area contributed by atoms with E-state index in [1.54, 1.807) is 78.2 Å². The van der Waals surface area contributed by atoms with Gasteiger partial charge in [0.2, 0.25) is 13.0 Å². The number of nitrogens with zero attached hydrogens (tertiary/aromatic N) is 2. The summed E-state index contributed by atoms with van der Waals surface area (Å²) in [6.45, 7) is 9.43. The van der Waals surface area contributed by atoms with Crippen LogP contribution < -0.4 is 25.5 Å². The number of nitrogens with one attached hydrogen (secondary N) is 4. The Bertz CT molecular complexity index is 1580. The molecule has 0 bridgehead atoms. The summed E-state index contributed by atoms with van der Waals surface area (Å²) in [6, 6.07) is 12.7. The van der Waals surface area contributed by atoms with E-state index >= 15 is 0 Å². The number of hydrogen-bond donors (Lipinski definition) is 5. The zero-order valence-electron chi connectivity index (χ0n) is 25.6. The molecule has 0 aliphatic rings. The highest BCUT2D eigenvalue weighted by Crippen LogP contribution is 2.28. The summed E-state index contributed by atoms with van der Waals surface area (Å²) >= 11 is 0. The average molecular weight is 626 g/mol. The molecule has 0 saturated heterocycles. The Kier molecular flexibility index (Phi) is 11.8. The van der Waals surface area contributed by atoms with Gasteiger partial charge in [0.05, 0.1) is 17.2 Å². The zero-order valence-corrected chi connectivity index (χ0v) is 26.4. The third kappa shape index (κ3) is 9.01. The summed E-state index contributed by atoms with van der Waals surface area (Å²) in [7, 11) is -4.01. The molecule has 0 aliphatic carbocycles.